The molecule has 0 saturated heterocycles. The fourth-order valence-corrected chi connectivity index (χ4v) is 7.82. The number of nitrogens with zero attached hydrogens (tertiary/aromatic N) is 6. The summed E-state index contributed by atoms with van der Waals surface area (Å²) in [6, 6.07) is 41.4. The third kappa shape index (κ3) is 4.08. The SMILES string of the molecule is O=P(OB1n2c3c4ccccc4c2N=c2c4ccccc4c(n21)=NC1=NC(=N3)c2ccccc21)(Oc1ccccc1)Oc1ccccc1. The summed E-state index contributed by atoms with van der Waals surface area (Å²) in [5.74, 6) is 2.78. The summed E-state index contributed by atoms with van der Waals surface area (Å²) in [4.78, 5) is 20.5. The van der Waals surface area contributed by atoms with Gasteiger partial charge in [0.2, 0.25) is 0 Å². The quantitative estimate of drug-likeness (QED) is 0.144. The van der Waals surface area contributed by atoms with Gasteiger partial charge in [-0.1, -0.05) is 109 Å². The number of benzene rings is 5. The minimum atomic E-state index is -4.46. The lowest BCUT2D eigenvalue weighted by atomic mass is 10.00. The number of aromatic nitrogens is 2. The van der Waals surface area contributed by atoms with Crippen LogP contribution in [0, 0.1) is 0 Å². The molecule has 0 amide bonds. The van der Waals surface area contributed by atoms with Gasteiger partial charge in [0.25, 0.3) is 0 Å². The third-order valence-electron chi connectivity index (χ3n) is 8.57. The first-order valence-electron chi connectivity index (χ1n) is 15.4. The first-order valence-corrected chi connectivity index (χ1v) is 16.8. The molecule has 2 aromatic heterocycles. The number of para-hydroxylation sites is 2. The van der Waals surface area contributed by atoms with Crippen molar-refractivity contribution < 1.29 is 18.1 Å². The molecule has 5 heterocycles. The Morgan fingerprint density at radius 1 is 0.479 bits per heavy atom. The van der Waals surface area contributed by atoms with Crippen LogP contribution in [0.4, 0.5) is 11.6 Å². The molecule has 0 radical (unpaired) electrons. The number of hydrogen-bond acceptors (Lipinski definition) is 8. The smallest absolute Gasteiger partial charge is 0.396 e. The van der Waals surface area contributed by atoms with Gasteiger partial charge in [-0.2, -0.15) is 0 Å². The standard InChI is InChI=1S/C36H22BN6O4P/c44-48(45-23-13-3-1-4-14-23,46-24-15-5-2-6-16-24)47-37-42-33-27-19-9-11-21-29(27)35(42)41-36-30-22-12-10-20-28(30)34(43(36)37)40-32-26-18-8-7-17-25(26)31(38-32)39-33/h1-22H. The Bertz CT molecular complexity index is 2660. The van der Waals surface area contributed by atoms with Crippen LogP contribution in [0.3, 0.4) is 0 Å². The molecular weight excluding hydrogens is 622 g/mol. The molecule has 228 valence electrons. The molecule has 0 aliphatic carbocycles. The molecule has 5 aromatic carbocycles. The van der Waals surface area contributed by atoms with Crippen LogP contribution < -0.4 is 20.0 Å². The molecule has 0 spiro atoms. The molecule has 10 rings (SSSR count). The lowest BCUT2D eigenvalue weighted by Crippen LogP contribution is -2.50. The average molecular weight is 644 g/mol. The van der Waals surface area contributed by atoms with Gasteiger partial charge in [0, 0.05) is 32.7 Å². The van der Waals surface area contributed by atoms with Crippen molar-refractivity contribution in [1.29, 1.82) is 0 Å². The van der Waals surface area contributed by atoms with E-state index in [0.29, 0.717) is 45.8 Å². The van der Waals surface area contributed by atoms with Crippen molar-refractivity contribution >= 4 is 59.9 Å². The molecule has 0 saturated carbocycles. The van der Waals surface area contributed by atoms with Crippen LogP contribution in [0.5, 0.6) is 11.5 Å². The third-order valence-corrected chi connectivity index (χ3v) is 9.89. The number of hydrogen-bond donors (Lipinski definition) is 0. The van der Waals surface area contributed by atoms with Gasteiger partial charge in [-0.3, -0.25) is 4.44 Å². The van der Waals surface area contributed by atoms with Crippen LogP contribution in [0.25, 0.3) is 21.5 Å². The van der Waals surface area contributed by atoms with Gasteiger partial charge in [0.15, 0.2) is 11.7 Å². The summed E-state index contributed by atoms with van der Waals surface area (Å²) in [6.07, 6.45) is 0. The van der Waals surface area contributed by atoms with Gasteiger partial charge in [0.05, 0.1) is 0 Å². The van der Waals surface area contributed by atoms with E-state index in [-0.39, 0.29) is 0 Å². The van der Waals surface area contributed by atoms with Gasteiger partial charge in [-0.25, -0.2) is 24.5 Å². The second kappa shape index (κ2) is 10.2. The topological polar surface area (TPSA) is 104 Å². The Hall–Kier alpha value is -6.03. The molecule has 0 fully saturated rings. The first-order chi connectivity index (χ1) is 23.6. The predicted molar refractivity (Wildman–Crippen MR) is 184 cm³/mol. The van der Waals surface area contributed by atoms with Crippen molar-refractivity contribution in [2.75, 3.05) is 0 Å². The van der Waals surface area contributed by atoms with E-state index in [1.54, 1.807) is 48.5 Å². The highest BCUT2D eigenvalue weighted by molar-refractivity contribution is 7.50. The van der Waals surface area contributed by atoms with E-state index in [0.717, 1.165) is 32.7 Å². The van der Waals surface area contributed by atoms with Gasteiger partial charge in [-0.15, -0.1) is 0 Å². The number of amidine groups is 2. The van der Waals surface area contributed by atoms with Crippen LogP contribution in [-0.2, 0) is 9.01 Å². The molecule has 12 heteroatoms. The second-order valence-corrected chi connectivity index (χ2v) is 12.9. The highest BCUT2D eigenvalue weighted by atomic mass is 31.2. The Morgan fingerprint density at radius 2 is 0.938 bits per heavy atom. The monoisotopic (exact) mass is 644 g/mol. The fourth-order valence-electron chi connectivity index (χ4n) is 6.51. The summed E-state index contributed by atoms with van der Waals surface area (Å²) in [5, 5.41) is 3.35. The minimum Gasteiger partial charge on any atom is -0.396 e. The van der Waals surface area contributed by atoms with E-state index >= 15 is 4.57 Å². The Balaban J connectivity index is 1.31. The number of phosphoric acid groups is 1. The first kappa shape index (κ1) is 27.1. The summed E-state index contributed by atoms with van der Waals surface area (Å²) >= 11 is 0. The molecule has 48 heavy (non-hydrogen) atoms. The summed E-state index contributed by atoms with van der Waals surface area (Å²) in [5.41, 5.74) is 2.84. The average Bonchev–Trinajstić information content (AvgIpc) is 3.74. The Labute approximate surface area is 273 Å². The van der Waals surface area contributed by atoms with E-state index in [1.165, 1.54) is 0 Å². The Kier molecular flexibility index (Phi) is 5.78. The largest absolute Gasteiger partial charge is 0.576 e. The molecule has 4 bridgehead atoms. The van der Waals surface area contributed by atoms with Crippen molar-refractivity contribution in [3.8, 4) is 11.5 Å². The van der Waals surface area contributed by atoms with Crippen LogP contribution in [0.15, 0.2) is 153 Å². The van der Waals surface area contributed by atoms with E-state index in [4.69, 9.17) is 33.5 Å². The van der Waals surface area contributed by atoms with Crippen molar-refractivity contribution in [1.82, 2.24) is 8.96 Å². The molecule has 10 nitrogen and oxygen atoms in total. The highest BCUT2D eigenvalue weighted by Crippen LogP contribution is 2.52. The molecule has 3 aliphatic heterocycles. The van der Waals surface area contributed by atoms with Crippen molar-refractivity contribution in [2.24, 2.45) is 20.0 Å². The molecule has 3 aliphatic rings. The highest BCUT2D eigenvalue weighted by Gasteiger charge is 2.46. The molecule has 0 unspecified atom stereocenters. The van der Waals surface area contributed by atoms with Crippen LogP contribution >= 0.6 is 7.82 Å². The molecule has 0 atom stereocenters. The van der Waals surface area contributed by atoms with E-state index in [9.17, 15) is 0 Å². The number of phosphoric ester groups is 1. The maximum Gasteiger partial charge on any atom is 0.576 e. The number of fused-ring (bicyclic) bond motifs is 10. The predicted octanol–water partition coefficient (Wildman–Crippen LogP) is 7.00. The summed E-state index contributed by atoms with van der Waals surface area (Å²) in [6.45, 7) is 0. The fraction of sp³-hybridized carbons (Fsp3) is 0. The molecule has 0 N–H and O–H groups in total. The Morgan fingerprint density at radius 3 is 1.52 bits per heavy atom. The molecular formula is C36H22BN6O4P. The lowest BCUT2D eigenvalue weighted by Gasteiger charge is -2.26. The summed E-state index contributed by atoms with van der Waals surface area (Å²) < 4.78 is 37.7. The number of rotatable bonds is 6. The van der Waals surface area contributed by atoms with Gasteiger partial charge in [-0.05, 0) is 24.3 Å². The minimum absolute atomic E-state index is 0.322. The van der Waals surface area contributed by atoms with E-state index in [1.807, 2.05) is 93.9 Å². The van der Waals surface area contributed by atoms with E-state index in [2.05, 4.69) is 0 Å². The number of aliphatic imine (C=N–C) groups is 2. The zero-order valence-corrected chi connectivity index (χ0v) is 25.9. The van der Waals surface area contributed by atoms with Gasteiger partial charge < -0.3 is 18.0 Å². The normalized spacial score (nSPS) is 14.1. The van der Waals surface area contributed by atoms with Gasteiger partial charge >= 0.3 is 15.0 Å². The van der Waals surface area contributed by atoms with Gasteiger partial charge in [0.1, 0.15) is 34.1 Å². The zero-order chi connectivity index (χ0) is 31.8. The second-order valence-electron chi connectivity index (χ2n) is 11.5. The lowest BCUT2D eigenvalue weighted by molar-refractivity contribution is 0.294. The summed E-state index contributed by atoms with van der Waals surface area (Å²) in [7, 11) is -5.61. The van der Waals surface area contributed by atoms with Crippen molar-refractivity contribution in [3.05, 3.63) is 156 Å². The zero-order valence-electron chi connectivity index (χ0n) is 25.0. The van der Waals surface area contributed by atoms with E-state index < -0.39 is 15.0 Å². The maximum atomic E-state index is 15.1. The molecule has 7 aromatic rings. The van der Waals surface area contributed by atoms with Crippen LogP contribution in [-0.4, -0.2) is 27.8 Å². The maximum absolute atomic E-state index is 15.1. The van der Waals surface area contributed by atoms with Crippen molar-refractivity contribution in [2.45, 2.75) is 0 Å². The van der Waals surface area contributed by atoms with Crippen LogP contribution in [0.2, 0.25) is 0 Å². The van der Waals surface area contributed by atoms with Crippen molar-refractivity contribution in [3.63, 3.8) is 0 Å². The van der Waals surface area contributed by atoms with Crippen LogP contribution in [0.1, 0.15) is 11.1 Å².